The van der Waals surface area contributed by atoms with E-state index in [4.69, 9.17) is 5.11 Å². The van der Waals surface area contributed by atoms with E-state index in [0.29, 0.717) is 0 Å². The van der Waals surface area contributed by atoms with Gasteiger partial charge in [0.25, 0.3) is 0 Å². The van der Waals surface area contributed by atoms with E-state index in [1.807, 2.05) is 31.2 Å². The average molecular weight is 231 g/mol. The van der Waals surface area contributed by atoms with Crippen molar-refractivity contribution in [1.82, 2.24) is 0 Å². The van der Waals surface area contributed by atoms with E-state index in [1.165, 1.54) is 12.1 Å². The van der Waals surface area contributed by atoms with Gasteiger partial charge in [-0.15, -0.1) is 0 Å². The molecule has 0 unspecified atom stereocenters. The summed E-state index contributed by atoms with van der Waals surface area (Å²) in [5.41, 5.74) is 3.52. The van der Waals surface area contributed by atoms with Crippen LogP contribution in [0, 0.1) is 12.7 Å². The quantitative estimate of drug-likeness (QED) is 0.848. The Morgan fingerprint density at radius 2 is 1.82 bits per heavy atom. The van der Waals surface area contributed by atoms with Crippen molar-refractivity contribution in [3.63, 3.8) is 0 Å². The molecule has 2 nitrogen and oxygen atoms in total. The third-order valence-electron chi connectivity index (χ3n) is 2.60. The molecule has 2 rings (SSSR count). The standard InChI is InChI=1S/C14H14FNO/c1-10-8-12(15)4-7-14(10)16-13-5-2-11(9-17)3-6-13/h2-8,16-17H,9H2,1H3. The number of halogens is 1. The highest BCUT2D eigenvalue weighted by Crippen LogP contribution is 2.21. The Balaban J connectivity index is 2.19. The normalized spacial score (nSPS) is 10.3. The van der Waals surface area contributed by atoms with E-state index < -0.39 is 0 Å². The third-order valence-corrected chi connectivity index (χ3v) is 2.60. The van der Waals surface area contributed by atoms with Gasteiger partial charge in [0.15, 0.2) is 0 Å². The van der Waals surface area contributed by atoms with E-state index >= 15 is 0 Å². The molecule has 0 radical (unpaired) electrons. The molecule has 0 heterocycles. The molecule has 0 aliphatic rings. The molecule has 0 saturated heterocycles. The number of anilines is 2. The van der Waals surface area contributed by atoms with Crippen LogP contribution in [0.25, 0.3) is 0 Å². The summed E-state index contributed by atoms with van der Waals surface area (Å²) in [7, 11) is 0. The second-order valence-corrected chi connectivity index (χ2v) is 3.94. The Kier molecular flexibility index (Phi) is 3.40. The molecule has 3 heteroatoms. The summed E-state index contributed by atoms with van der Waals surface area (Å²) in [4.78, 5) is 0. The van der Waals surface area contributed by atoms with E-state index in [1.54, 1.807) is 6.07 Å². The maximum absolute atomic E-state index is 12.9. The molecule has 0 bridgehead atoms. The van der Waals surface area contributed by atoms with Gasteiger partial charge in [0.1, 0.15) is 5.82 Å². The fourth-order valence-electron chi connectivity index (χ4n) is 1.62. The fraction of sp³-hybridized carbons (Fsp3) is 0.143. The Bertz CT molecular complexity index is 508. The Morgan fingerprint density at radius 3 is 2.41 bits per heavy atom. The highest BCUT2D eigenvalue weighted by molar-refractivity contribution is 5.63. The summed E-state index contributed by atoms with van der Waals surface area (Å²) in [6.07, 6.45) is 0. The van der Waals surface area contributed by atoms with Gasteiger partial charge in [0, 0.05) is 11.4 Å². The Labute approximate surface area is 99.7 Å². The lowest BCUT2D eigenvalue weighted by atomic mass is 10.1. The van der Waals surface area contributed by atoms with Crippen molar-refractivity contribution in [2.24, 2.45) is 0 Å². The first-order valence-electron chi connectivity index (χ1n) is 5.42. The van der Waals surface area contributed by atoms with Gasteiger partial charge in [0.05, 0.1) is 6.61 Å². The van der Waals surface area contributed by atoms with Crippen LogP contribution in [0.5, 0.6) is 0 Å². The lowest BCUT2D eigenvalue weighted by molar-refractivity contribution is 0.282. The topological polar surface area (TPSA) is 32.3 Å². The molecule has 88 valence electrons. The lowest BCUT2D eigenvalue weighted by Gasteiger charge is -2.09. The SMILES string of the molecule is Cc1cc(F)ccc1Nc1ccc(CO)cc1. The van der Waals surface area contributed by atoms with Crippen LogP contribution >= 0.6 is 0 Å². The van der Waals surface area contributed by atoms with E-state index in [0.717, 1.165) is 22.5 Å². The van der Waals surface area contributed by atoms with Gasteiger partial charge in [0.2, 0.25) is 0 Å². The summed E-state index contributed by atoms with van der Waals surface area (Å²) >= 11 is 0. The fourth-order valence-corrected chi connectivity index (χ4v) is 1.62. The molecular weight excluding hydrogens is 217 g/mol. The van der Waals surface area contributed by atoms with Crippen LogP contribution in [0.15, 0.2) is 42.5 Å². The Hall–Kier alpha value is -1.87. The highest BCUT2D eigenvalue weighted by Gasteiger charge is 2.00. The van der Waals surface area contributed by atoms with Gasteiger partial charge in [-0.3, -0.25) is 0 Å². The molecule has 0 atom stereocenters. The largest absolute Gasteiger partial charge is 0.392 e. The lowest BCUT2D eigenvalue weighted by Crippen LogP contribution is -1.94. The molecule has 0 aliphatic carbocycles. The van der Waals surface area contributed by atoms with Crippen LogP contribution in [0.1, 0.15) is 11.1 Å². The summed E-state index contributed by atoms with van der Waals surface area (Å²) in [6.45, 7) is 1.89. The van der Waals surface area contributed by atoms with Crippen LogP contribution in [0.3, 0.4) is 0 Å². The summed E-state index contributed by atoms with van der Waals surface area (Å²) in [5, 5.41) is 12.1. The van der Waals surface area contributed by atoms with Crippen molar-refractivity contribution in [2.75, 3.05) is 5.32 Å². The van der Waals surface area contributed by atoms with Crippen molar-refractivity contribution >= 4 is 11.4 Å². The number of benzene rings is 2. The number of aliphatic hydroxyl groups excluding tert-OH is 1. The minimum Gasteiger partial charge on any atom is -0.392 e. The second kappa shape index (κ2) is 4.97. The molecule has 17 heavy (non-hydrogen) atoms. The molecule has 0 spiro atoms. The van der Waals surface area contributed by atoms with E-state index in [2.05, 4.69) is 5.32 Å². The third kappa shape index (κ3) is 2.82. The molecule has 2 N–H and O–H groups in total. The summed E-state index contributed by atoms with van der Waals surface area (Å²) in [5.74, 6) is -0.233. The number of nitrogens with one attached hydrogen (secondary N) is 1. The van der Waals surface area contributed by atoms with Crippen molar-refractivity contribution in [3.05, 3.63) is 59.4 Å². The average Bonchev–Trinajstić information content (AvgIpc) is 2.34. The zero-order valence-corrected chi connectivity index (χ0v) is 9.57. The molecule has 0 amide bonds. The summed E-state index contributed by atoms with van der Waals surface area (Å²) < 4.78 is 12.9. The number of aliphatic hydroxyl groups is 1. The Morgan fingerprint density at radius 1 is 1.12 bits per heavy atom. The molecule has 0 aliphatic heterocycles. The van der Waals surface area contributed by atoms with Crippen LogP contribution < -0.4 is 5.32 Å². The predicted octanol–water partition coefficient (Wildman–Crippen LogP) is 3.37. The van der Waals surface area contributed by atoms with Crippen LogP contribution in [0.4, 0.5) is 15.8 Å². The van der Waals surface area contributed by atoms with Crippen LogP contribution in [-0.4, -0.2) is 5.11 Å². The van der Waals surface area contributed by atoms with Crippen LogP contribution in [-0.2, 0) is 6.61 Å². The zero-order valence-electron chi connectivity index (χ0n) is 9.57. The molecule has 0 fully saturated rings. The van der Waals surface area contributed by atoms with Gasteiger partial charge in [-0.05, 0) is 48.4 Å². The monoisotopic (exact) mass is 231 g/mol. The van der Waals surface area contributed by atoms with Crippen molar-refractivity contribution in [1.29, 1.82) is 0 Å². The number of hydrogen-bond acceptors (Lipinski definition) is 2. The molecule has 2 aromatic carbocycles. The number of rotatable bonds is 3. The van der Waals surface area contributed by atoms with E-state index in [-0.39, 0.29) is 12.4 Å². The first kappa shape index (κ1) is 11.6. The van der Waals surface area contributed by atoms with Crippen molar-refractivity contribution in [2.45, 2.75) is 13.5 Å². The first-order chi connectivity index (χ1) is 8.19. The zero-order chi connectivity index (χ0) is 12.3. The molecule has 0 saturated carbocycles. The van der Waals surface area contributed by atoms with Gasteiger partial charge in [-0.25, -0.2) is 4.39 Å². The molecular formula is C14H14FNO. The van der Waals surface area contributed by atoms with Crippen LogP contribution in [0.2, 0.25) is 0 Å². The highest BCUT2D eigenvalue weighted by atomic mass is 19.1. The smallest absolute Gasteiger partial charge is 0.123 e. The predicted molar refractivity (Wildman–Crippen MR) is 66.8 cm³/mol. The van der Waals surface area contributed by atoms with Crippen molar-refractivity contribution in [3.8, 4) is 0 Å². The van der Waals surface area contributed by atoms with Gasteiger partial charge in [-0.2, -0.15) is 0 Å². The van der Waals surface area contributed by atoms with Gasteiger partial charge < -0.3 is 10.4 Å². The van der Waals surface area contributed by atoms with Gasteiger partial charge >= 0.3 is 0 Å². The minimum absolute atomic E-state index is 0.0376. The molecule has 0 aromatic heterocycles. The van der Waals surface area contributed by atoms with E-state index in [9.17, 15) is 4.39 Å². The first-order valence-corrected chi connectivity index (χ1v) is 5.42. The number of hydrogen-bond donors (Lipinski definition) is 2. The van der Waals surface area contributed by atoms with Crippen molar-refractivity contribution < 1.29 is 9.50 Å². The maximum atomic E-state index is 12.9. The number of aryl methyl sites for hydroxylation is 1. The van der Waals surface area contributed by atoms with Gasteiger partial charge in [-0.1, -0.05) is 12.1 Å². The second-order valence-electron chi connectivity index (χ2n) is 3.94. The minimum atomic E-state index is -0.233. The maximum Gasteiger partial charge on any atom is 0.123 e. The summed E-state index contributed by atoms with van der Waals surface area (Å²) in [6, 6.07) is 12.1. The molecule has 2 aromatic rings.